The largest absolute Gasteiger partial charge is 0.354 e. The number of amides is 1. The number of rotatable bonds is 14. The highest BCUT2D eigenvalue weighted by Crippen LogP contribution is 2.28. The second-order valence-electron chi connectivity index (χ2n) is 8.43. The lowest BCUT2D eigenvalue weighted by Crippen LogP contribution is -2.33. The van der Waals surface area contributed by atoms with E-state index in [9.17, 15) is 4.79 Å². The molecule has 0 spiro atoms. The number of thioether (sulfide) groups is 1. The molecule has 1 aromatic heterocycles. The van der Waals surface area contributed by atoms with Gasteiger partial charge in [0.25, 0.3) is 0 Å². The normalized spacial score (nSPS) is 12.1. The van der Waals surface area contributed by atoms with Gasteiger partial charge in [0, 0.05) is 29.5 Å². The third kappa shape index (κ3) is 7.71. The Balaban J connectivity index is 1.50. The summed E-state index contributed by atoms with van der Waals surface area (Å²) in [5, 5.41) is 12.9. The van der Waals surface area contributed by atoms with Crippen LogP contribution in [-0.2, 0) is 4.79 Å². The van der Waals surface area contributed by atoms with Crippen LogP contribution in [0.2, 0.25) is 0 Å². The smallest absolute Gasteiger partial charge is 0.220 e. The van der Waals surface area contributed by atoms with E-state index in [0.29, 0.717) is 6.42 Å². The number of para-hydroxylation sites is 1. The predicted molar refractivity (Wildman–Crippen MR) is 141 cm³/mol. The molecule has 2 aromatic carbocycles. The summed E-state index contributed by atoms with van der Waals surface area (Å²) in [5.41, 5.74) is 2.06. The number of aromatic nitrogens is 3. The van der Waals surface area contributed by atoms with Crippen molar-refractivity contribution >= 4 is 17.7 Å². The lowest BCUT2D eigenvalue weighted by molar-refractivity contribution is -0.121. The van der Waals surface area contributed by atoms with Gasteiger partial charge in [-0.1, -0.05) is 74.1 Å². The third-order valence-electron chi connectivity index (χ3n) is 5.87. The molecule has 182 valence electrons. The van der Waals surface area contributed by atoms with Gasteiger partial charge in [-0.15, -0.1) is 10.2 Å². The maximum atomic E-state index is 12.4. The number of hydrogen-bond acceptors (Lipinski definition) is 5. The molecule has 1 unspecified atom stereocenters. The standard InChI is InChI=1S/C27H37N5OS/c1-4-31(5-2)20-12-14-22(3)28-25(33)19-13-21-34-27-30-29-26(23-15-8-6-9-16-23)32(27)24-17-10-7-11-18-24/h6-11,15-18,22H,4-5,12-14,19-21H2,1-3H3,(H,28,33). The summed E-state index contributed by atoms with van der Waals surface area (Å²) < 4.78 is 2.10. The first kappa shape index (κ1) is 26.0. The SMILES string of the molecule is CCN(CC)CCCC(C)NC(=O)CCCSc1nnc(-c2ccccc2)n1-c1ccccc1. The van der Waals surface area contributed by atoms with E-state index >= 15 is 0 Å². The monoisotopic (exact) mass is 479 g/mol. The van der Waals surface area contributed by atoms with Crippen LogP contribution in [0.15, 0.2) is 65.8 Å². The van der Waals surface area contributed by atoms with Gasteiger partial charge in [0.1, 0.15) is 0 Å². The Hall–Kier alpha value is -2.64. The number of hydrogen-bond donors (Lipinski definition) is 1. The fraction of sp³-hybridized carbons (Fsp3) is 0.444. The van der Waals surface area contributed by atoms with Crippen molar-refractivity contribution in [3.05, 3.63) is 60.7 Å². The van der Waals surface area contributed by atoms with E-state index in [1.165, 1.54) is 0 Å². The van der Waals surface area contributed by atoms with Gasteiger partial charge in [-0.25, -0.2) is 0 Å². The zero-order chi connectivity index (χ0) is 24.2. The maximum Gasteiger partial charge on any atom is 0.220 e. The van der Waals surface area contributed by atoms with E-state index in [0.717, 1.165) is 66.9 Å². The Labute approximate surface area is 208 Å². The van der Waals surface area contributed by atoms with Crippen molar-refractivity contribution in [1.29, 1.82) is 0 Å². The lowest BCUT2D eigenvalue weighted by atomic mass is 10.1. The van der Waals surface area contributed by atoms with Crippen molar-refractivity contribution in [1.82, 2.24) is 25.0 Å². The van der Waals surface area contributed by atoms with Gasteiger partial charge in [0.2, 0.25) is 5.91 Å². The van der Waals surface area contributed by atoms with E-state index in [4.69, 9.17) is 0 Å². The topological polar surface area (TPSA) is 63.1 Å². The Kier molecular flexibility index (Phi) is 10.6. The lowest BCUT2D eigenvalue weighted by Gasteiger charge is -2.19. The van der Waals surface area contributed by atoms with Crippen LogP contribution in [0, 0.1) is 0 Å². The molecule has 0 saturated carbocycles. The Morgan fingerprint density at radius 1 is 1.00 bits per heavy atom. The van der Waals surface area contributed by atoms with Crippen molar-refractivity contribution in [3.8, 4) is 17.1 Å². The quantitative estimate of drug-likeness (QED) is 0.247. The number of nitrogens with one attached hydrogen (secondary N) is 1. The summed E-state index contributed by atoms with van der Waals surface area (Å²) in [6, 6.07) is 20.5. The van der Waals surface area contributed by atoms with Crippen molar-refractivity contribution in [2.24, 2.45) is 0 Å². The average Bonchev–Trinajstić information content (AvgIpc) is 3.29. The maximum absolute atomic E-state index is 12.4. The molecular formula is C27H37N5OS. The summed E-state index contributed by atoms with van der Waals surface area (Å²) in [6.45, 7) is 9.74. The molecule has 0 radical (unpaired) electrons. The second kappa shape index (κ2) is 13.9. The highest BCUT2D eigenvalue weighted by Gasteiger charge is 2.16. The van der Waals surface area contributed by atoms with Crippen LogP contribution in [0.5, 0.6) is 0 Å². The molecule has 1 amide bonds. The molecule has 0 aliphatic heterocycles. The van der Waals surface area contributed by atoms with E-state index in [-0.39, 0.29) is 11.9 Å². The molecule has 0 aliphatic rings. The second-order valence-corrected chi connectivity index (χ2v) is 9.49. The third-order valence-corrected chi connectivity index (χ3v) is 6.89. The summed E-state index contributed by atoms with van der Waals surface area (Å²) in [7, 11) is 0. The van der Waals surface area contributed by atoms with Gasteiger partial charge in [0.15, 0.2) is 11.0 Å². The van der Waals surface area contributed by atoms with E-state index in [1.807, 2.05) is 48.5 Å². The van der Waals surface area contributed by atoms with Crippen LogP contribution in [0.4, 0.5) is 0 Å². The van der Waals surface area contributed by atoms with Crippen LogP contribution in [0.1, 0.15) is 46.5 Å². The molecule has 3 aromatic rings. The summed E-state index contributed by atoms with van der Waals surface area (Å²) in [5.74, 6) is 1.76. The van der Waals surface area contributed by atoms with Crippen LogP contribution in [0.25, 0.3) is 17.1 Å². The zero-order valence-electron chi connectivity index (χ0n) is 20.6. The van der Waals surface area contributed by atoms with E-state index in [1.54, 1.807) is 11.8 Å². The van der Waals surface area contributed by atoms with Gasteiger partial charge in [-0.2, -0.15) is 0 Å². The van der Waals surface area contributed by atoms with Crippen molar-refractivity contribution in [3.63, 3.8) is 0 Å². The van der Waals surface area contributed by atoms with E-state index in [2.05, 4.69) is 57.9 Å². The van der Waals surface area contributed by atoms with E-state index < -0.39 is 0 Å². The molecule has 0 bridgehead atoms. The first-order valence-corrected chi connectivity index (χ1v) is 13.3. The Morgan fingerprint density at radius 3 is 2.35 bits per heavy atom. The first-order valence-electron chi connectivity index (χ1n) is 12.3. The van der Waals surface area contributed by atoms with Gasteiger partial charge in [-0.05, 0) is 58.0 Å². The van der Waals surface area contributed by atoms with Crippen LogP contribution >= 0.6 is 11.8 Å². The number of benzene rings is 2. The molecule has 1 N–H and O–H groups in total. The molecule has 34 heavy (non-hydrogen) atoms. The first-order chi connectivity index (χ1) is 16.6. The van der Waals surface area contributed by atoms with Gasteiger partial charge in [-0.3, -0.25) is 9.36 Å². The highest BCUT2D eigenvalue weighted by molar-refractivity contribution is 7.99. The van der Waals surface area contributed by atoms with Crippen LogP contribution in [-0.4, -0.2) is 57.0 Å². The molecular weight excluding hydrogens is 442 g/mol. The van der Waals surface area contributed by atoms with Crippen molar-refractivity contribution in [2.75, 3.05) is 25.4 Å². The van der Waals surface area contributed by atoms with Gasteiger partial charge >= 0.3 is 0 Å². The zero-order valence-corrected chi connectivity index (χ0v) is 21.4. The molecule has 0 aliphatic carbocycles. The molecule has 0 fully saturated rings. The van der Waals surface area contributed by atoms with Gasteiger partial charge < -0.3 is 10.2 Å². The summed E-state index contributed by atoms with van der Waals surface area (Å²) >= 11 is 1.64. The fourth-order valence-corrected chi connectivity index (χ4v) is 4.81. The molecule has 1 atom stereocenters. The molecule has 0 saturated heterocycles. The minimum absolute atomic E-state index is 0.130. The minimum atomic E-state index is 0.130. The van der Waals surface area contributed by atoms with Crippen LogP contribution in [0.3, 0.4) is 0 Å². The Morgan fingerprint density at radius 2 is 1.68 bits per heavy atom. The molecule has 1 heterocycles. The number of carbonyl (C=O) groups is 1. The summed E-state index contributed by atoms with van der Waals surface area (Å²) in [6.07, 6.45) is 3.45. The average molecular weight is 480 g/mol. The van der Waals surface area contributed by atoms with Crippen LogP contribution < -0.4 is 5.32 Å². The summed E-state index contributed by atoms with van der Waals surface area (Å²) in [4.78, 5) is 14.8. The number of carbonyl (C=O) groups excluding carboxylic acids is 1. The van der Waals surface area contributed by atoms with Gasteiger partial charge in [0.05, 0.1) is 0 Å². The molecule has 7 heteroatoms. The number of nitrogens with zero attached hydrogens (tertiary/aromatic N) is 4. The highest BCUT2D eigenvalue weighted by atomic mass is 32.2. The molecule has 6 nitrogen and oxygen atoms in total. The Bertz CT molecular complexity index is 989. The van der Waals surface area contributed by atoms with Crippen molar-refractivity contribution < 1.29 is 4.79 Å². The fourth-order valence-electron chi connectivity index (χ4n) is 3.92. The molecule has 3 rings (SSSR count). The predicted octanol–water partition coefficient (Wildman–Crippen LogP) is 5.43. The minimum Gasteiger partial charge on any atom is -0.354 e. The van der Waals surface area contributed by atoms with Crippen molar-refractivity contribution in [2.45, 2.75) is 57.7 Å².